The summed E-state index contributed by atoms with van der Waals surface area (Å²) in [7, 11) is -9.93. The van der Waals surface area contributed by atoms with Crippen molar-refractivity contribution in [2.75, 3.05) is 39.6 Å². The van der Waals surface area contributed by atoms with Gasteiger partial charge in [-0.2, -0.15) is 0 Å². The van der Waals surface area contributed by atoms with Crippen LogP contribution in [-0.2, 0) is 65.4 Å². The van der Waals surface area contributed by atoms with E-state index in [1.807, 2.05) is 0 Å². The number of aliphatic hydroxyl groups excluding tert-OH is 1. The van der Waals surface area contributed by atoms with E-state index < -0.39 is 97.5 Å². The first-order valence-corrected chi connectivity index (χ1v) is 48.6. The van der Waals surface area contributed by atoms with E-state index in [9.17, 15) is 43.2 Å². The number of phosphoric acid groups is 2. The van der Waals surface area contributed by atoms with E-state index >= 15 is 0 Å². The maximum atomic E-state index is 13.2. The van der Waals surface area contributed by atoms with E-state index in [4.69, 9.17) is 37.0 Å². The van der Waals surface area contributed by atoms with Crippen LogP contribution in [0.15, 0.2) is 0 Å². The fourth-order valence-corrected chi connectivity index (χ4v) is 15.4. The second-order valence-corrected chi connectivity index (χ2v) is 35.0. The van der Waals surface area contributed by atoms with Crippen LogP contribution in [0.2, 0.25) is 0 Å². The van der Waals surface area contributed by atoms with Gasteiger partial charge in [0.1, 0.15) is 19.3 Å². The minimum absolute atomic E-state index is 0.108. The van der Waals surface area contributed by atoms with Crippen LogP contribution in [-0.4, -0.2) is 96.7 Å². The number of rotatable bonds is 88. The van der Waals surface area contributed by atoms with E-state index in [1.165, 1.54) is 295 Å². The van der Waals surface area contributed by atoms with Crippen molar-refractivity contribution in [1.82, 2.24) is 0 Å². The Labute approximate surface area is 658 Å². The van der Waals surface area contributed by atoms with Gasteiger partial charge in [-0.25, -0.2) is 9.13 Å². The molecule has 0 saturated heterocycles. The Balaban J connectivity index is 5.17. The molecule has 0 aromatic carbocycles. The van der Waals surface area contributed by atoms with Gasteiger partial charge in [0.15, 0.2) is 12.2 Å². The normalized spacial score (nSPS) is 13.7. The highest BCUT2D eigenvalue weighted by Gasteiger charge is 2.30. The molecule has 0 rings (SSSR count). The highest BCUT2D eigenvalue weighted by atomic mass is 31.2. The smallest absolute Gasteiger partial charge is 0.462 e. The van der Waals surface area contributed by atoms with Gasteiger partial charge in [0.2, 0.25) is 0 Å². The lowest BCUT2D eigenvalue weighted by atomic mass is 10.0. The van der Waals surface area contributed by atoms with Crippen LogP contribution in [0.5, 0.6) is 0 Å². The zero-order valence-corrected chi connectivity index (χ0v) is 72.1. The van der Waals surface area contributed by atoms with Crippen molar-refractivity contribution in [3.8, 4) is 0 Å². The molecule has 0 aliphatic rings. The molecule has 5 atom stereocenters. The van der Waals surface area contributed by atoms with E-state index in [-0.39, 0.29) is 25.7 Å². The predicted molar refractivity (Wildman–Crippen MR) is 442 cm³/mol. The van der Waals surface area contributed by atoms with E-state index in [0.717, 1.165) is 102 Å². The number of hydrogen-bond acceptors (Lipinski definition) is 15. The standard InChI is InChI=1S/C88H172O17P2/c1-6-9-12-15-18-21-23-25-27-29-31-33-35-37-41-45-49-53-58-63-68-74-88(93)105-84(78-99-86(91)72-67-62-57-52-48-44-40-36-34-32-30-28-26-24-22-19-16-13-10-7-2)80-103-107(96,97)101-76-82(89)75-100-106(94,95)102-79-83(77-98-85(90)71-66-61-56-20-17-14-11-8-3)104-87(92)73-69-64-59-54-50-46-42-38-39-43-47-51-55-60-65-70-81(4)5/h81-84,89H,6-80H2,1-5H3,(H,94,95)(H,96,97)/t82-,83+,84+/m0/s1. The molecule has 0 bridgehead atoms. The van der Waals surface area contributed by atoms with Gasteiger partial charge in [-0.1, -0.05) is 426 Å². The van der Waals surface area contributed by atoms with Crippen molar-refractivity contribution in [3.63, 3.8) is 0 Å². The topological polar surface area (TPSA) is 237 Å². The van der Waals surface area contributed by atoms with Crippen LogP contribution in [0.1, 0.15) is 478 Å². The fourth-order valence-electron chi connectivity index (χ4n) is 13.8. The fraction of sp³-hybridized carbons (Fsp3) is 0.955. The zero-order valence-electron chi connectivity index (χ0n) is 70.3. The first-order valence-electron chi connectivity index (χ1n) is 45.6. The summed E-state index contributed by atoms with van der Waals surface area (Å²) >= 11 is 0. The molecule has 0 aromatic heterocycles. The monoisotopic (exact) mass is 1560 g/mol. The molecule has 0 amide bonds. The molecule has 0 fully saturated rings. The molecule has 0 radical (unpaired) electrons. The molecule has 0 spiro atoms. The quantitative estimate of drug-likeness (QED) is 0.0222. The summed E-state index contributed by atoms with van der Waals surface area (Å²) in [5.41, 5.74) is 0. The third-order valence-corrected chi connectivity index (χ3v) is 22.7. The highest BCUT2D eigenvalue weighted by Crippen LogP contribution is 2.45. The first-order chi connectivity index (χ1) is 52.0. The van der Waals surface area contributed by atoms with Gasteiger partial charge in [0, 0.05) is 25.7 Å². The van der Waals surface area contributed by atoms with Crippen LogP contribution < -0.4 is 0 Å². The zero-order chi connectivity index (χ0) is 78.3. The molecule has 17 nitrogen and oxygen atoms in total. The summed E-state index contributed by atoms with van der Waals surface area (Å²) in [6.45, 7) is 7.37. The molecule has 107 heavy (non-hydrogen) atoms. The lowest BCUT2D eigenvalue weighted by Gasteiger charge is -2.21. The third kappa shape index (κ3) is 81.9. The molecule has 0 aliphatic carbocycles. The second-order valence-electron chi connectivity index (χ2n) is 32.1. The largest absolute Gasteiger partial charge is 0.472 e. The van der Waals surface area contributed by atoms with Crippen molar-refractivity contribution in [3.05, 3.63) is 0 Å². The number of hydrogen-bond donors (Lipinski definition) is 3. The van der Waals surface area contributed by atoms with Crippen LogP contribution in [0.25, 0.3) is 0 Å². The van der Waals surface area contributed by atoms with E-state index in [2.05, 4.69) is 34.6 Å². The third-order valence-electron chi connectivity index (χ3n) is 20.8. The Morgan fingerprint density at radius 3 is 0.636 bits per heavy atom. The summed E-state index contributed by atoms with van der Waals surface area (Å²) in [5, 5.41) is 10.7. The molecular weight excluding hydrogens is 1390 g/mol. The van der Waals surface area contributed by atoms with Crippen LogP contribution in [0, 0.1) is 5.92 Å². The molecule has 636 valence electrons. The number of aliphatic hydroxyl groups is 1. The van der Waals surface area contributed by atoms with Crippen LogP contribution in [0.4, 0.5) is 0 Å². The lowest BCUT2D eigenvalue weighted by Crippen LogP contribution is -2.30. The second kappa shape index (κ2) is 80.7. The van der Waals surface area contributed by atoms with Crippen molar-refractivity contribution in [2.24, 2.45) is 5.92 Å². The minimum atomic E-state index is -4.97. The Morgan fingerprint density at radius 1 is 0.252 bits per heavy atom. The molecular formula is C88H172O17P2. The van der Waals surface area contributed by atoms with Gasteiger partial charge >= 0.3 is 39.5 Å². The van der Waals surface area contributed by atoms with Gasteiger partial charge in [0.25, 0.3) is 0 Å². The Kier molecular flexibility index (Phi) is 79.2. The summed E-state index contributed by atoms with van der Waals surface area (Å²) in [6, 6.07) is 0. The Hall–Kier alpha value is -1.94. The van der Waals surface area contributed by atoms with Crippen LogP contribution in [0.3, 0.4) is 0 Å². The number of unbranched alkanes of at least 4 members (excludes halogenated alkanes) is 60. The SMILES string of the molecule is CCCCCCCCCCCCCCCCCCCCCCCC(=O)O[C@H](COC(=O)CCCCCCCCCCCCCCCCCCCCCC)COP(=O)(O)OC[C@@H](O)COP(=O)(O)OC[C@@H](COC(=O)CCCCCCCCCC)OC(=O)CCCCCCCCCCCCCCCCCC(C)C. The van der Waals surface area contributed by atoms with Crippen molar-refractivity contribution in [2.45, 2.75) is 496 Å². The van der Waals surface area contributed by atoms with E-state index in [1.54, 1.807) is 0 Å². The Morgan fingerprint density at radius 2 is 0.430 bits per heavy atom. The molecule has 3 N–H and O–H groups in total. The number of carbonyl (C=O) groups excluding carboxylic acids is 4. The average Bonchev–Trinajstić information content (AvgIpc) is 0.901. The minimum Gasteiger partial charge on any atom is -0.462 e. The number of esters is 4. The molecule has 2 unspecified atom stereocenters. The summed E-state index contributed by atoms with van der Waals surface area (Å²) in [4.78, 5) is 73.2. The van der Waals surface area contributed by atoms with Crippen molar-refractivity contribution >= 4 is 39.5 Å². The predicted octanol–water partition coefficient (Wildman–Crippen LogP) is 27.2. The number of carbonyl (C=O) groups is 4. The summed E-state index contributed by atoms with van der Waals surface area (Å²) in [6.07, 6.45) is 75.2. The van der Waals surface area contributed by atoms with Crippen molar-refractivity contribution in [1.29, 1.82) is 0 Å². The van der Waals surface area contributed by atoms with E-state index in [0.29, 0.717) is 25.7 Å². The summed E-state index contributed by atoms with van der Waals surface area (Å²) < 4.78 is 68.9. The average molecular weight is 1560 g/mol. The lowest BCUT2D eigenvalue weighted by molar-refractivity contribution is -0.161. The summed E-state index contributed by atoms with van der Waals surface area (Å²) in [5.74, 6) is -1.30. The van der Waals surface area contributed by atoms with Gasteiger partial charge in [-0.3, -0.25) is 37.3 Å². The van der Waals surface area contributed by atoms with Gasteiger partial charge in [-0.05, 0) is 31.6 Å². The molecule has 0 aromatic rings. The number of phosphoric ester groups is 2. The highest BCUT2D eigenvalue weighted by molar-refractivity contribution is 7.47. The van der Waals surface area contributed by atoms with Crippen LogP contribution >= 0.6 is 15.6 Å². The Bertz CT molecular complexity index is 2030. The molecule has 19 heteroatoms. The molecule has 0 saturated carbocycles. The molecule has 0 aliphatic heterocycles. The molecule has 0 heterocycles. The van der Waals surface area contributed by atoms with Gasteiger partial charge in [-0.15, -0.1) is 0 Å². The van der Waals surface area contributed by atoms with Gasteiger partial charge < -0.3 is 33.8 Å². The first kappa shape index (κ1) is 105. The number of ether oxygens (including phenoxy) is 4. The van der Waals surface area contributed by atoms with Crippen molar-refractivity contribution < 1.29 is 80.2 Å². The maximum absolute atomic E-state index is 13.2. The van der Waals surface area contributed by atoms with Gasteiger partial charge in [0.05, 0.1) is 26.4 Å². The maximum Gasteiger partial charge on any atom is 0.472 e.